The Labute approximate surface area is 100 Å². The third-order valence-corrected chi connectivity index (χ3v) is 2.31. The van der Waals surface area contributed by atoms with E-state index in [0.717, 1.165) is 6.07 Å². The molecule has 0 saturated carbocycles. The summed E-state index contributed by atoms with van der Waals surface area (Å²) in [5.74, 6) is -0.269. The Hall–Kier alpha value is -1.11. The maximum atomic E-state index is 12.9. The molecule has 1 aromatic carbocycles. The Morgan fingerprint density at radius 1 is 1.41 bits per heavy atom. The van der Waals surface area contributed by atoms with Crippen LogP contribution < -0.4 is 10.2 Å². The second-order valence-corrected chi connectivity index (χ2v) is 3.77. The smallest absolute Gasteiger partial charge is 0.491 e. The zero-order chi connectivity index (χ0) is 12.8. The van der Waals surface area contributed by atoms with Crippen LogP contribution in [0.3, 0.4) is 0 Å². The van der Waals surface area contributed by atoms with Gasteiger partial charge in [-0.05, 0) is 25.1 Å². The van der Waals surface area contributed by atoms with Gasteiger partial charge in [0.2, 0.25) is 0 Å². The number of rotatable bonds is 6. The van der Waals surface area contributed by atoms with Gasteiger partial charge in [0, 0.05) is 25.6 Å². The van der Waals surface area contributed by atoms with E-state index in [1.807, 2.05) is 6.92 Å². The van der Waals surface area contributed by atoms with Gasteiger partial charge in [-0.15, -0.1) is 0 Å². The van der Waals surface area contributed by atoms with E-state index in [-0.39, 0.29) is 17.3 Å². The molecule has 0 aliphatic heterocycles. The standard InChI is InChI=1S/C11H16BFO4/c1-8(5-6-16-2)17-11-4-3-9(13)7-10(11)12(14)15/h3-4,7-8,14-15H,5-6H2,1-2H3. The van der Waals surface area contributed by atoms with Crippen LogP contribution >= 0.6 is 0 Å². The summed E-state index contributed by atoms with van der Waals surface area (Å²) in [6, 6.07) is 3.64. The Balaban J connectivity index is 2.76. The van der Waals surface area contributed by atoms with Crippen molar-refractivity contribution in [3.8, 4) is 5.75 Å². The molecule has 0 heterocycles. The highest BCUT2D eigenvalue weighted by molar-refractivity contribution is 6.59. The maximum absolute atomic E-state index is 12.9. The van der Waals surface area contributed by atoms with Crippen molar-refractivity contribution in [3.05, 3.63) is 24.0 Å². The molecule has 0 bridgehead atoms. The lowest BCUT2D eigenvalue weighted by Crippen LogP contribution is -2.33. The lowest BCUT2D eigenvalue weighted by molar-refractivity contribution is 0.135. The van der Waals surface area contributed by atoms with Crippen LogP contribution in [-0.4, -0.2) is 37.0 Å². The zero-order valence-electron chi connectivity index (χ0n) is 9.89. The van der Waals surface area contributed by atoms with Crippen LogP contribution in [0, 0.1) is 5.82 Å². The molecule has 0 aromatic heterocycles. The summed E-state index contributed by atoms with van der Waals surface area (Å²) in [7, 11) is -0.164. The molecule has 0 aliphatic carbocycles. The van der Waals surface area contributed by atoms with Crippen molar-refractivity contribution in [2.75, 3.05) is 13.7 Å². The number of benzene rings is 1. The van der Waals surface area contributed by atoms with Gasteiger partial charge in [0.15, 0.2) is 0 Å². The van der Waals surface area contributed by atoms with Crippen molar-refractivity contribution < 1.29 is 23.9 Å². The second kappa shape index (κ2) is 6.59. The highest BCUT2D eigenvalue weighted by Gasteiger charge is 2.19. The van der Waals surface area contributed by atoms with Crippen LogP contribution in [0.5, 0.6) is 5.75 Å². The van der Waals surface area contributed by atoms with Crippen LogP contribution in [0.25, 0.3) is 0 Å². The van der Waals surface area contributed by atoms with Gasteiger partial charge in [-0.25, -0.2) is 4.39 Å². The molecule has 2 N–H and O–H groups in total. The van der Waals surface area contributed by atoms with Gasteiger partial charge in [-0.3, -0.25) is 0 Å². The maximum Gasteiger partial charge on any atom is 0.492 e. The summed E-state index contributed by atoms with van der Waals surface area (Å²) in [5, 5.41) is 18.2. The summed E-state index contributed by atoms with van der Waals surface area (Å²) in [6.45, 7) is 2.37. The molecule has 6 heteroatoms. The van der Waals surface area contributed by atoms with E-state index in [2.05, 4.69) is 0 Å². The Morgan fingerprint density at radius 2 is 2.12 bits per heavy atom. The SMILES string of the molecule is COCCC(C)Oc1ccc(F)cc1B(O)O. The number of hydrogen-bond acceptors (Lipinski definition) is 4. The van der Waals surface area contributed by atoms with E-state index >= 15 is 0 Å². The fourth-order valence-electron chi connectivity index (χ4n) is 1.39. The van der Waals surface area contributed by atoms with Crippen molar-refractivity contribution >= 4 is 12.6 Å². The summed E-state index contributed by atoms with van der Waals surface area (Å²) < 4.78 is 23.4. The second-order valence-electron chi connectivity index (χ2n) is 3.77. The fraction of sp³-hybridized carbons (Fsp3) is 0.455. The molecule has 0 aliphatic rings. The van der Waals surface area contributed by atoms with Gasteiger partial charge in [0.05, 0.1) is 6.10 Å². The predicted molar refractivity (Wildman–Crippen MR) is 62.8 cm³/mol. The Kier molecular flexibility index (Phi) is 5.41. The minimum atomic E-state index is -1.75. The highest BCUT2D eigenvalue weighted by Crippen LogP contribution is 2.13. The average Bonchev–Trinajstić information content (AvgIpc) is 2.28. The van der Waals surface area contributed by atoms with Crippen molar-refractivity contribution in [3.63, 3.8) is 0 Å². The van der Waals surface area contributed by atoms with E-state index in [9.17, 15) is 4.39 Å². The first-order valence-corrected chi connectivity index (χ1v) is 5.35. The molecule has 1 rings (SSSR count). The normalized spacial score (nSPS) is 12.3. The molecule has 1 aromatic rings. The first kappa shape index (κ1) is 14.0. The van der Waals surface area contributed by atoms with Gasteiger partial charge >= 0.3 is 7.12 Å². The Morgan fingerprint density at radius 3 is 2.71 bits per heavy atom. The zero-order valence-corrected chi connectivity index (χ0v) is 9.89. The average molecular weight is 242 g/mol. The summed E-state index contributed by atoms with van der Waals surface area (Å²) in [4.78, 5) is 0. The van der Waals surface area contributed by atoms with Crippen molar-refractivity contribution in [2.45, 2.75) is 19.4 Å². The van der Waals surface area contributed by atoms with E-state index < -0.39 is 12.9 Å². The molecular formula is C11H16BFO4. The summed E-state index contributed by atoms with van der Waals surface area (Å²) in [5.41, 5.74) is 0.0225. The van der Waals surface area contributed by atoms with Crippen molar-refractivity contribution in [2.24, 2.45) is 0 Å². The van der Waals surface area contributed by atoms with Gasteiger partial charge in [0.1, 0.15) is 11.6 Å². The lowest BCUT2D eigenvalue weighted by Gasteiger charge is -2.17. The Bertz CT molecular complexity index is 359. The van der Waals surface area contributed by atoms with Gasteiger partial charge in [-0.1, -0.05) is 0 Å². The van der Waals surface area contributed by atoms with Crippen molar-refractivity contribution in [1.82, 2.24) is 0 Å². The van der Waals surface area contributed by atoms with Crippen molar-refractivity contribution in [1.29, 1.82) is 0 Å². The minimum absolute atomic E-state index is 0.0225. The minimum Gasteiger partial charge on any atom is -0.491 e. The molecule has 0 saturated heterocycles. The van der Waals surface area contributed by atoms with Crippen LogP contribution in [0.1, 0.15) is 13.3 Å². The summed E-state index contributed by atoms with van der Waals surface area (Å²) in [6.07, 6.45) is 0.507. The number of hydrogen-bond donors (Lipinski definition) is 2. The molecule has 4 nitrogen and oxygen atoms in total. The molecule has 94 valence electrons. The number of methoxy groups -OCH3 is 1. The molecule has 17 heavy (non-hydrogen) atoms. The third-order valence-electron chi connectivity index (χ3n) is 2.31. The largest absolute Gasteiger partial charge is 0.492 e. The van der Waals surface area contributed by atoms with Gasteiger partial charge < -0.3 is 19.5 Å². The first-order valence-electron chi connectivity index (χ1n) is 5.35. The lowest BCUT2D eigenvalue weighted by atomic mass is 9.79. The number of halogens is 1. The molecule has 0 amide bonds. The van der Waals surface area contributed by atoms with Crippen LogP contribution in [0.15, 0.2) is 18.2 Å². The van der Waals surface area contributed by atoms with Crippen LogP contribution in [0.2, 0.25) is 0 Å². The van der Waals surface area contributed by atoms with E-state index in [1.165, 1.54) is 12.1 Å². The number of ether oxygens (including phenoxy) is 2. The molecule has 1 unspecified atom stereocenters. The molecule has 0 fully saturated rings. The molecule has 0 radical (unpaired) electrons. The quantitative estimate of drug-likeness (QED) is 0.705. The topological polar surface area (TPSA) is 58.9 Å². The predicted octanol–water partition coefficient (Wildman–Crippen LogP) is 0.309. The molecule has 0 spiro atoms. The van der Waals surface area contributed by atoms with Gasteiger partial charge in [-0.2, -0.15) is 0 Å². The molecule has 1 atom stereocenters. The van der Waals surface area contributed by atoms with Gasteiger partial charge in [0.25, 0.3) is 0 Å². The van der Waals surface area contributed by atoms with E-state index in [4.69, 9.17) is 19.5 Å². The molecular weight excluding hydrogens is 226 g/mol. The van der Waals surface area contributed by atoms with E-state index in [0.29, 0.717) is 13.0 Å². The van der Waals surface area contributed by atoms with Crippen LogP contribution in [0.4, 0.5) is 4.39 Å². The first-order chi connectivity index (χ1) is 8.04. The third kappa shape index (κ3) is 4.34. The highest BCUT2D eigenvalue weighted by atomic mass is 19.1. The summed E-state index contributed by atoms with van der Waals surface area (Å²) >= 11 is 0. The van der Waals surface area contributed by atoms with Crippen LogP contribution in [-0.2, 0) is 4.74 Å². The fourth-order valence-corrected chi connectivity index (χ4v) is 1.39. The van der Waals surface area contributed by atoms with E-state index in [1.54, 1.807) is 7.11 Å². The monoisotopic (exact) mass is 242 g/mol.